The normalized spacial score (nSPS) is 13.7. The monoisotopic (exact) mass is 240 g/mol. The van der Waals surface area contributed by atoms with Gasteiger partial charge in [-0.05, 0) is 24.6 Å². The van der Waals surface area contributed by atoms with E-state index >= 15 is 0 Å². The van der Waals surface area contributed by atoms with E-state index in [4.69, 9.17) is 16.7 Å². The fourth-order valence-electron chi connectivity index (χ4n) is 0.984. The Hall–Kier alpha value is -0.940. The van der Waals surface area contributed by atoms with Crippen molar-refractivity contribution in [2.24, 2.45) is 0 Å². The number of hydrogen-bond donors (Lipinski definition) is 1. The Labute approximate surface area is 89.2 Å². The van der Waals surface area contributed by atoms with E-state index in [0.717, 1.165) is 6.07 Å². The van der Waals surface area contributed by atoms with Gasteiger partial charge in [-0.15, -0.1) is 13.2 Å². The highest BCUT2D eigenvalue weighted by Gasteiger charge is 2.32. The number of aliphatic hydroxyl groups is 1. The Bertz CT molecular complexity index is 350. The van der Waals surface area contributed by atoms with Gasteiger partial charge in [0.25, 0.3) is 0 Å². The van der Waals surface area contributed by atoms with Crippen LogP contribution in [-0.2, 0) is 0 Å². The van der Waals surface area contributed by atoms with Gasteiger partial charge in [-0.1, -0.05) is 17.7 Å². The second kappa shape index (κ2) is 4.28. The zero-order chi connectivity index (χ0) is 11.6. The molecule has 0 saturated carbocycles. The van der Waals surface area contributed by atoms with E-state index in [1.165, 1.54) is 19.1 Å². The van der Waals surface area contributed by atoms with Crippen molar-refractivity contribution < 1.29 is 23.0 Å². The third kappa shape index (κ3) is 3.60. The molecule has 0 bridgehead atoms. The van der Waals surface area contributed by atoms with Crippen LogP contribution < -0.4 is 4.74 Å². The molecule has 1 aromatic carbocycles. The number of alkyl halides is 3. The number of ether oxygens (including phenoxy) is 1. The highest BCUT2D eigenvalue weighted by atomic mass is 35.5. The van der Waals surface area contributed by atoms with Crippen molar-refractivity contribution in [1.29, 1.82) is 0 Å². The summed E-state index contributed by atoms with van der Waals surface area (Å²) in [4.78, 5) is 0. The molecule has 6 heteroatoms. The van der Waals surface area contributed by atoms with E-state index in [1.54, 1.807) is 0 Å². The van der Waals surface area contributed by atoms with Crippen LogP contribution in [0.4, 0.5) is 13.2 Å². The lowest BCUT2D eigenvalue weighted by molar-refractivity contribution is -0.274. The van der Waals surface area contributed by atoms with Crippen LogP contribution in [0.3, 0.4) is 0 Å². The summed E-state index contributed by atoms with van der Waals surface area (Å²) in [7, 11) is 0. The Balaban J connectivity index is 2.94. The van der Waals surface area contributed by atoms with Crippen LogP contribution in [0.15, 0.2) is 18.2 Å². The zero-order valence-corrected chi connectivity index (χ0v) is 8.43. The molecule has 0 aliphatic carbocycles. The molecular weight excluding hydrogens is 233 g/mol. The van der Waals surface area contributed by atoms with Crippen LogP contribution in [0, 0.1) is 0 Å². The largest absolute Gasteiger partial charge is 0.573 e. The minimum Gasteiger partial charge on any atom is -0.404 e. The third-order valence-electron chi connectivity index (χ3n) is 1.66. The molecule has 0 fully saturated rings. The molecule has 0 heterocycles. The zero-order valence-electron chi connectivity index (χ0n) is 7.68. The van der Waals surface area contributed by atoms with Crippen LogP contribution >= 0.6 is 11.6 Å². The fraction of sp³-hybridized carbons (Fsp3) is 0.333. The standard InChI is InChI=1S/C9H8ClF3O2/c1-5(14)6-2-3-8(7(10)4-6)15-9(11,12)13/h2-5,14H,1H3/t5-/m0/s1. The third-order valence-corrected chi connectivity index (χ3v) is 1.96. The molecule has 1 atom stereocenters. The first-order valence-corrected chi connectivity index (χ1v) is 4.40. The van der Waals surface area contributed by atoms with Gasteiger partial charge >= 0.3 is 6.36 Å². The average molecular weight is 241 g/mol. The molecule has 1 rings (SSSR count). The van der Waals surface area contributed by atoms with E-state index in [1.807, 2.05) is 0 Å². The molecule has 15 heavy (non-hydrogen) atoms. The minimum absolute atomic E-state index is 0.189. The van der Waals surface area contributed by atoms with Gasteiger partial charge < -0.3 is 9.84 Å². The summed E-state index contributed by atoms with van der Waals surface area (Å²) >= 11 is 5.54. The summed E-state index contributed by atoms with van der Waals surface area (Å²) in [6, 6.07) is 3.61. The SMILES string of the molecule is C[C@H](O)c1ccc(OC(F)(F)F)c(Cl)c1. The van der Waals surface area contributed by atoms with E-state index in [9.17, 15) is 13.2 Å². The lowest BCUT2D eigenvalue weighted by atomic mass is 10.1. The number of rotatable bonds is 2. The van der Waals surface area contributed by atoms with Gasteiger partial charge in [-0.3, -0.25) is 0 Å². The van der Waals surface area contributed by atoms with Gasteiger partial charge in [0.15, 0.2) is 0 Å². The molecule has 2 nitrogen and oxygen atoms in total. The van der Waals surface area contributed by atoms with E-state index in [-0.39, 0.29) is 5.02 Å². The molecule has 0 aliphatic rings. The lowest BCUT2D eigenvalue weighted by Crippen LogP contribution is -2.17. The van der Waals surface area contributed by atoms with E-state index in [2.05, 4.69) is 4.74 Å². The van der Waals surface area contributed by atoms with Crippen molar-refractivity contribution in [3.63, 3.8) is 0 Å². The first-order chi connectivity index (χ1) is 6.79. The molecule has 0 radical (unpaired) electrons. The molecule has 0 spiro atoms. The van der Waals surface area contributed by atoms with Crippen molar-refractivity contribution in [2.75, 3.05) is 0 Å². The predicted molar refractivity (Wildman–Crippen MR) is 48.8 cm³/mol. The molecule has 0 aliphatic heterocycles. The Morgan fingerprint density at radius 3 is 2.40 bits per heavy atom. The first-order valence-electron chi connectivity index (χ1n) is 4.03. The second-order valence-electron chi connectivity index (χ2n) is 2.91. The van der Waals surface area contributed by atoms with Crippen molar-refractivity contribution in [1.82, 2.24) is 0 Å². The highest BCUT2D eigenvalue weighted by molar-refractivity contribution is 6.32. The van der Waals surface area contributed by atoms with Crippen LogP contribution in [0.25, 0.3) is 0 Å². The molecule has 0 aromatic heterocycles. The van der Waals surface area contributed by atoms with Gasteiger partial charge in [-0.25, -0.2) is 0 Å². The summed E-state index contributed by atoms with van der Waals surface area (Å²) in [6.45, 7) is 1.48. The first kappa shape index (κ1) is 12.1. The van der Waals surface area contributed by atoms with Crippen molar-refractivity contribution in [3.05, 3.63) is 28.8 Å². The van der Waals surface area contributed by atoms with E-state index < -0.39 is 18.2 Å². The van der Waals surface area contributed by atoms with Gasteiger partial charge in [-0.2, -0.15) is 0 Å². The second-order valence-corrected chi connectivity index (χ2v) is 3.32. The Kier molecular flexibility index (Phi) is 3.46. The number of hydrogen-bond acceptors (Lipinski definition) is 2. The molecule has 0 amide bonds. The quantitative estimate of drug-likeness (QED) is 0.860. The highest BCUT2D eigenvalue weighted by Crippen LogP contribution is 2.31. The number of halogens is 4. The maximum Gasteiger partial charge on any atom is 0.573 e. The molecule has 1 aromatic rings. The lowest BCUT2D eigenvalue weighted by Gasteiger charge is -2.12. The van der Waals surface area contributed by atoms with Crippen LogP contribution in [0.2, 0.25) is 5.02 Å². The molecule has 0 saturated heterocycles. The average Bonchev–Trinajstić information content (AvgIpc) is 2.05. The van der Waals surface area contributed by atoms with Crippen LogP contribution in [0.5, 0.6) is 5.75 Å². The van der Waals surface area contributed by atoms with Gasteiger partial charge in [0, 0.05) is 0 Å². The Morgan fingerprint density at radius 2 is 2.00 bits per heavy atom. The summed E-state index contributed by atoms with van der Waals surface area (Å²) in [5, 5.41) is 8.96. The summed E-state index contributed by atoms with van der Waals surface area (Å²) in [5.74, 6) is -0.478. The Morgan fingerprint density at radius 1 is 1.40 bits per heavy atom. The summed E-state index contributed by atoms with van der Waals surface area (Å²) < 4.78 is 39.2. The molecule has 0 unspecified atom stereocenters. The smallest absolute Gasteiger partial charge is 0.404 e. The van der Waals surface area contributed by atoms with E-state index in [0.29, 0.717) is 5.56 Å². The van der Waals surface area contributed by atoms with Crippen molar-refractivity contribution in [2.45, 2.75) is 19.4 Å². The van der Waals surface area contributed by atoms with Gasteiger partial charge in [0.2, 0.25) is 0 Å². The maximum absolute atomic E-state index is 11.9. The van der Waals surface area contributed by atoms with Gasteiger partial charge in [0.05, 0.1) is 11.1 Å². The predicted octanol–water partition coefficient (Wildman–Crippen LogP) is 3.29. The van der Waals surface area contributed by atoms with Crippen LogP contribution in [0.1, 0.15) is 18.6 Å². The summed E-state index contributed by atoms with van der Waals surface area (Å²) in [5.41, 5.74) is 0.425. The number of aliphatic hydroxyl groups excluding tert-OH is 1. The van der Waals surface area contributed by atoms with Crippen LogP contribution in [-0.4, -0.2) is 11.5 Å². The molecule has 84 valence electrons. The van der Waals surface area contributed by atoms with Crippen molar-refractivity contribution in [3.8, 4) is 5.75 Å². The minimum atomic E-state index is -4.77. The molecule has 1 N–H and O–H groups in total. The van der Waals surface area contributed by atoms with Gasteiger partial charge in [0.1, 0.15) is 5.75 Å². The molecular formula is C9H8ClF3O2. The maximum atomic E-state index is 11.9. The van der Waals surface area contributed by atoms with Crippen molar-refractivity contribution >= 4 is 11.6 Å². The number of benzene rings is 1. The topological polar surface area (TPSA) is 29.5 Å². The summed E-state index contributed by atoms with van der Waals surface area (Å²) in [6.07, 6.45) is -5.56. The fourth-order valence-corrected chi connectivity index (χ4v) is 1.21.